The van der Waals surface area contributed by atoms with Crippen LogP contribution in [0.1, 0.15) is 17.3 Å². The Morgan fingerprint density at radius 3 is 2.43 bits per heavy atom. The molecule has 2 aromatic carbocycles. The van der Waals surface area contributed by atoms with Crippen LogP contribution in [0.25, 0.3) is 0 Å². The van der Waals surface area contributed by atoms with Gasteiger partial charge in [-0.2, -0.15) is 0 Å². The fraction of sp³-hybridized carbons (Fsp3) is 0.167. The number of hydrogen-bond donors (Lipinski definition) is 2. The number of hydrogen-bond acceptors (Lipinski definition) is 6. The summed E-state index contributed by atoms with van der Waals surface area (Å²) < 4.78 is 4.95. The molecule has 12 heteroatoms. The summed E-state index contributed by atoms with van der Waals surface area (Å²) in [5.74, 6) is -2.29. The Balaban J connectivity index is 1.89. The van der Waals surface area contributed by atoms with E-state index in [-0.39, 0.29) is 21.3 Å². The molecule has 9 nitrogen and oxygen atoms in total. The van der Waals surface area contributed by atoms with Crippen molar-refractivity contribution < 1.29 is 24.0 Å². The zero-order valence-electron chi connectivity index (χ0n) is 15.3. The first-order valence-corrected chi connectivity index (χ1v) is 9.39. The van der Waals surface area contributed by atoms with E-state index >= 15 is 0 Å². The van der Waals surface area contributed by atoms with Crippen LogP contribution in [-0.4, -0.2) is 35.4 Å². The smallest absolute Gasteiger partial charge is 0.326 e. The molecule has 1 atom stereocenters. The fourth-order valence-corrected chi connectivity index (χ4v) is 2.81. The van der Waals surface area contributed by atoms with Gasteiger partial charge in [-0.3, -0.25) is 24.5 Å². The zero-order chi connectivity index (χ0) is 22.4. The van der Waals surface area contributed by atoms with Crippen LogP contribution >= 0.6 is 34.8 Å². The monoisotopic (exact) mass is 473 g/mol. The van der Waals surface area contributed by atoms with Crippen LogP contribution < -0.4 is 10.6 Å². The third kappa shape index (κ3) is 6.31. The minimum atomic E-state index is -1.18. The van der Waals surface area contributed by atoms with Crippen LogP contribution in [-0.2, 0) is 14.3 Å². The van der Waals surface area contributed by atoms with Crippen molar-refractivity contribution in [2.45, 2.75) is 13.0 Å². The molecule has 0 fully saturated rings. The summed E-state index contributed by atoms with van der Waals surface area (Å²) in [5.41, 5.74) is -0.230. The number of carbonyl (C=O) groups excluding carboxylic acids is 3. The van der Waals surface area contributed by atoms with E-state index in [2.05, 4.69) is 10.6 Å². The van der Waals surface area contributed by atoms with Crippen molar-refractivity contribution in [3.05, 3.63) is 67.1 Å². The van der Waals surface area contributed by atoms with E-state index in [1.165, 1.54) is 37.3 Å². The van der Waals surface area contributed by atoms with Gasteiger partial charge in [-0.05, 0) is 37.3 Å². The number of nitrogens with one attached hydrogen (secondary N) is 2. The highest BCUT2D eigenvalue weighted by atomic mass is 35.5. The van der Waals surface area contributed by atoms with Crippen molar-refractivity contribution in [3.63, 3.8) is 0 Å². The topological polar surface area (TPSA) is 128 Å². The van der Waals surface area contributed by atoms with Crippen LogP contribution in [0, 0.1) is 10.1 Å². The Labute approximate surface area is 185 Å². The standard InChI is InChI=1S/C18H14Cl3N3O6/c1-9(17(26)23-14-5-3-11(19)7-13(14)21)30-16(25)8-22-18(27)10-2-4-12(20)15(6-10)24(28)29/h2-7,9H,8H2,1H3,(H,22,27)(H,23,26). The van der Waals surface area contributed by atoms with E-state index in [0.717, 1.165) is 6.07 Å². The summed E-state index contributed by atoms with van der Waals surface area (Å²) in [5, 5.41) is 16.1. The maximum absolute atomic E-state index is 12.1. The molecule has 0 aliphatic rings. The largest absolute Gasteiger partial charge is 0.451 e. The minimum Gasteiger partial charge on any atom is -0.451 e. The molecule has 0 bridgehead atoms. The van der Waals surface area contributed by atoms with Crippen molar-refractivity contribution in [1.82, 2.24) is 5.32 Å². The third-order valence-corrected chi connectivity index (χ3v) is 4.53. The molecule has 158 valence electrons. The minimum absolute atomic E-state index is 0.0675. The second kappa shape index (κ2) is 10.2. The molecule has 0 saturated heterocycles. The molecule has 2 rings (SSSR count). The predicted molar refractivity (Wildman–Crippen MR) is 111 cm³/mol. The van der Waals surface area contributed by atoms with Crippen LogP contribution in [0.4, 0.5) is 11.4 Å². The molecule has 0 spiro atoms. The Bertz CT molecular complexity index is 1010. The summed E-state index contributed by atoms with van der Waals surface area (Å²) in [6.07, 6.45) is -1.18. The lowest BCUT2D eigenvalue weighted by atomic mass is 10.2. The first-order valence-electron chi connectivity index (χ1n) is 8.26. The number of nitro groups is 1. The molecule has 30 heavy (non-hydrogen) atoms. The van der Waals surface area contributed by atoms with E-state index in [1.54, 1.807) is 0 Å². The van der Waals surface area contributed by atoms with E-state index in [9.17, 15) is 24.5 Å². The van der Waals surface area contributed by atoms with Crippen LogP contribution in [0.5, 0.6) is 0 Å². The van der Waals surface area contributed by atoms with Crippen molar-refractivity contribution in [2.24, 2.45) is 0 Å². The molecule has 0 aromatic heterocycles. The van der Waals surface area contributed by atoms with Crippen molar-refractivity contribution in [2.75, 3.05) is 11.9 Å². The molecule has 2 N–H and O–H groups in total. The van der Waals surface area contributed by atoms with Crippen LogP contribution in [0.15, 0.2) is 36.4 Å². The molecule has 0 aliphatic carbocycles. The average molecular weight is 475 g/mol. The summed E-state index contributed by atoms with van der Waals surface area (Å²) in [6.45, 7) is 0.774. The summed E-state index contributed by atoms with van der Waals surface area (Å²) >= 11 is 17.4. The van der Waals surface area contributed by atoms with Gasteiger partial charge in [0, 0.05) is 16.7 Å². The molecule has 2 aromatic rings. The number of carbonyl (C=O) groups is 3. The highest BCUT2D eigenvalue weighted by Gasteiger charge is 2.20. The number of esters is 1. The summed E-state index contributed by atoms with van der Waals surface area (Å²) in [7, 11) is 0. The molecule has 0 aliphatic heterocycles. The van der Waals surface area contributed by atoms with Gasteiger partial charge in [-0.15, -0.1) is 0 Å². The van der Waals surface area contributed by atoms with E-state index in [1.807, 2.05) is 0 Å². The Hall–Kier alpha value is -2.88. The van der Waals surface area contributed by atoms with Crippen molar-refractivity contribution in [3.8, 4) is 0 Å². The SMILES string of the molecule is CC(OC(=O)CNC(=O)c1ccc(Cl)c([N+](=O)[O-])c1)C(=O)Nc1ccc(Cl)cc1Cl. The maximum atomic E-state index is 12.1. The lowest BCUT2D eigenvalue weighted by molar-refractivity contribution is -0.384. The summed E-state index contributed by atoms with van der Waals surface area (Å²) in [6, 6.07) is 7.89. The Kier molecular flexibility index (Phi) is 7.99. The predicted octanol–water partition coefficient (Wildman–Crippen LogP) is 3.86. The van der Waals surface area contributed by atoms with Crippen molar-refractivity contribution in [1.29, 1.82) is 0 Å². The molecular weight excluding hydrogens is 461 g/mol. The lowest BCUT2D eigenvalue weighted by Crippen LogP contribution is -2.35. The number of benzene rings is 2. The van der Waals surface area contributed by atoms with Crippen LogP contribution in [0.3, 0.4) is 0 Å². The molecule has 0 saturated carbocycles. The lowest BCUT2D eigenvalue weighted by Gasteiger charge is -2.14. The maximum Gasteiger partial charge on any atom is 0.326 e. The number of halogens is 3. The number of amides is 2. The fourth-order valence-electron chi connectivity index (χ4n) is 2.17. The Morgan fingerprint density at radius 1 is 1.10 bits per heavy atom. The summed E-state index contributed by atoms with van der Waals surface area (Å²) in [4.78, 5) is 46.2. The molecule has 1 unspecified atom stereocenters. The molecular formula is C18H14Cl3N3O6. The van der Waals surface area contributed by atoms with Gasteiger partial charge < -0.3 is 15.4 Å². The van der Waals surface area contributed by atoms with E-state index in [4.69, 9.17) is 39.5 Å². The highest BCUT2D eigenvalue weighted by molar-refractivity contribution is 6.36. The number of nitro benzene ring substituents is 1. The number of ether oxygens (including phenoxy) is 1. The van der Waals surface area contributed by atoms with Crippen molar-refractivity contribution >= 4 is 64.0 Å². The number of rotatable bonds is 7. The normalized spacial score (nSPS) is 11.3. The van der Waals surface area contributed by atoms with Gasteiger partial charge in [-0.1, -0.05) is 34.8 Å². The average Bonchev–Trinajstić information content (AvgIpc) is 2.68. The van der Waals surface area contributed by atoms with Gasteiger partial charge in [0.2, 0.25) is 0 Å². The molecule has 0 heterocycles. The second-order valence-electron chi connectivity index (χ2n) is 5.85. The molecule has 2 amide bonds. The number of nitrogens with zero attached hydrogens (tertiary/aromatic N) is 1. The van der Waals surface area contributed by atoms with Gasteiger partial charge in [-0.25, -0.2) is 0 Å². The first-order chi connectivity index (χ1) is 14.1. The zero-order valence-corrected chi connectivity index (χ0v) is 17.5. The quantitative estimate of drug-likeness (QED) is 0.356. The Morgan fingerprint density at radius 2 is 1.80 bits per heavy atom. The van der Waals surface area contributed by atoms with E-state index in [0.29, 0.717) is 5.02 Å². The molecule has 0 radical (unpaired) electrons. The second-order valence-corrected chi connectivity index (χ2v) is 7.10. The number of anilines is 1. The van der Waals surface area contributed by atoms with Gasteiger partial charge in [0.25, 0.3) is 17.5 Å². The van der Waals surface area contributed by atoms with Gasteiger partial charge in [0.15, 0.2) is 6.10 Å². The van der Waals surface area contributed by atoms with Crippen LogP contribution in [0.2, 0.25) is 15.1 Å². The third-order valence-electron chi connectivity index (χ3n) is 3.66. The van der Waals surface area contributed by atoms with E-state index < -0.39 is 41.0 Å². The first kappa shape index (κ1) is 23.4. The van der Waals surface area contributed by atoms with Gasteiger partial charge in [0.1, 0.15) is 11.6 Å². The van der Waals surface area contributed by atoms with Gasteiger partial charge >= 0.3 is 5.97 Å². The van der Waals surface area contributed by atoms with Gasteiger partial charge in [0.05, 0.1) is 15.6 Å². The highest BCUT2D eigenvalue weighted by Crippen LogP contribution is 2.26.